The first kappa shape index (κ1) is 19.7. The number of carbonyl (C=O) groups is 1. The normalized spacial score (nSPS) is 11.2. The maximum Gasteiger partial charge on any atom is 0.287 e. The van der Waals surface area contributed by atoms with Gasteiger partial charge in [-0.1, -0.05) is 35.9 Å². The monoisotopic (exact) mass is 399 g/mol. The fourth-order valence-corrected chi connectivity index (χ4v) is 3.25. The highest BCUT2D eigenvalue weighted by Gasteiger charge is 2.15. The zero-order valence-corrected chi connectivity index (χ0v) is 16.5. The van der Waals surface area contributed by atoms with Crippen molar-refractivity contribution in [2.24, 2.45) is 0 Å². The maximum atomic E-state index is 12.3. The molecule has 0 saturated carbocycles. The predicted molar refractivity (Wildman–Crippen MR) is 106 cm³/mol. The largest absolute Gasteiger partial charge is 0.457 e. The number of hydrogen-bond acceptors (Lipinski definition) is 5. The Hall–Kier alpha value is -3.06. The van der Waals surface area contributed by atoms with Gasteiger partial charge in [-0.3, -0.25) is 4.79 Å². The third-order valence-corrected chi connectivity index (χ3v) is 4.76. The number of hydrogen-bond donors (Lipinski definition) is 1. The first-order chi connectivity index (χ1) is 13.3. The van der Waals surface area contributed by atoms with Gasteiger partial charge in [0.1, 0.15) is 23.0 Å². The molecule has 0 fully saturated rings. The van der Waals surface area contributed by atoms with Crippen LogP contribution in [0.15, 0.2) is 65.1 Å². The minimum absolute atomic E-state index is 0.0654. The van der Waals surface area contributed by atoms with Crippen molar-refractivity contribution in [1.82, 2.24) is 5.32 Å². The van der Waals surface area contributed by atoms with Crippen LogP contribution in [-0.4, -0.2) is 20.6 Å². The molecule has 0 unspecified atom stereocenters. The van der Waals surface area contributed by atoms with Crippen molar-refractivity contribution in [2.75, 3.05) is 6.26 Å². The third kappa shape index (κ3) is 5.47. The van der Waals surface area contributed by atoms with Crippen molar-refractivity contribution in [1.29, 1.82) is 0 Å². The van der Waals surface area contributed by atoms with Crippen molar-refractivity contribution < 1.29 is 22.4 Å². The molecule has 0 aliphatic heterocycles. The standard InChI is InChI=1S/C21H21NO5S/c1-15-7-9-17(10-8-15)26-19-6-4-3-5-16(19)13-22-21(23)20-12-11-18(27-20)14-28(2,24)25/h3-12H,13-14H2,1-2H3,(H,22,23). The van der Waals surface area contributed by atoms with Crippen molar-refractivity contribution in [3.05, 3.63) is 83.3 Å². The van der Waals surface area contributed by atoms with Crippen molar-refractivity contribution in [3.63, 3.8) is 0 Å². The number of carbonyl (C=O) groups excluding carboxylic acids is 1. The fourth-order valence-electron chi connectivity index (χ4n) is 2.58. The van der Waals surface area contributed by atoms with Gasteiger partial charge in [0.05, 0.1) is 0 Å². The van der Waals surface area contributed by atoms with Gasteiger partial charge in [0.15, 0.2) is 15.6 Å². The number of furan rings is 1. The lowest BCUT2D eigenvalue weighted by Crippen LogP contribution is -2.22. The van der Waals surface area contributed by atoms with E-state index in [0.29, 0.717) is 11.5 Å². The number of amides is 1. The molecule has 1 N–H and O–H groups in total. The molecule has 1 aromatic heterocycles. The summed E-state index contributed by atoms with van der Waals surface area (Å²) in [5.74, 6) is 0.981. The highest BCUT2D eigenvalue weighted by Crippen LogP contribution is 2.25. The Bertz CT molecular complexity index is 1070. The molecule has 0 spiro atoms. The molecule has 1 heterocycles. The second-order valence-electron chi connectivity index (χ2n) is 6.54. The van der Waals surface area contributed by atoms with E-state index in [9.17, 15) is 13.2 Å². The molecule has 0 aliphatic rings. The van der Waals surface area contributed by atoms with Crippen LogP contribution in [0.1, 0.15) is 27.4 Å². The average Bonchev–Trinajstić information content (AvgIpc) is 3.09. The van der Waals surface area contributed by atoms with Gasteiger partial charge in [-0.15, -0.1) is 0 Å². The minimum Gasteiger partial charge on any atom is -0.457 e. The molecule has 6 nitrogen and oxygen atoms in total. The summed E-state index contributed by atoms with van der Waals surface area (Å²) in [6, 6.07) is 18.1. The van der Waals surface area contributed by atoms with Gasteiger partial charge in [0.25, 0.3) is 5.91 Å². The predicted octanol–water partition coefficient (Wildman–Crippen LogP) is 3.85. The molecule has 28 heavy (non-hydrogen) atoms. The molecule has 3 rings (SSSR count). The molecule has 0 bridgehead atoms. The van der Waals surface area contributed by atoms with Gasteiger partial charge in [0, 0.05) is 18.4 Å². The summed E-state index contributed by atoms with van der Waals surface area (Å²) in [7, 11) is -3.22. The summed E-state index contributed by atoms with van der Waals surface area (Å²) in [6.07, 6.45) is 1.11. The van der Waals surface area contributed by atoms with Gasteiger partial charge in [-0.05, 0) is 37.3 Å². The maximum absolute atomic E-state index is 12.3. The van der Waals surface area contributed by atoms with Gasteiger partial charge in [-0.25, -0.2) is 8.42 Å². The Labute approximate surface area is 164 Å². The SMILES string of the molecule is Cc1ccc(Oc2ccccc2CNC(=O)c2ccc(CS(C)(=O)=O)o2)cc1. The van der Waals surface area contributed by atoms with E-state index in [-0.39, 0.29) is 23.8 Å². The van der Waals surface area contributed by atoms with E-state index in [1.807, 2.05) is 55.5 Å². The van der Waals surface area contributed by atoms with Crippen LogP contribution >= 0.6 is 0 Å². The van der Waals surface area contributed by atoms with Gasteiger partial charge in [0.2, 0.25) is 0 Å². The summed E-state index contributed by atoms with van der Waals surface area (Å²) in [6.45, 7) is 2.24. The molecule has 0 saturated heterocycles. The second-order valence-corrected chi connectivity index (χ2v) is 8.68. The van der Waals surface area contributed by atoms with E-state index in [4.69, 9.17) is 9.15 Å². The Morgan fingerprint density at radius 2 is 1.75 bits per heavy atom. The van der Waals surface area contributed by atoms with Crippen LogP contribution in [0.5, 0.6) is 11.5 Å². The molecular weight excluding hydrogens is 378 g/mol. The number of sulfone groups is 1. The summed E-state index contributed by atoms with van der Waals surface area (Å²) >= 11 is 0. The summed E-state index contributed by atoms with van der Waals surface area (Å²) < 4.78 is 33.9. The summed E-state index contributed by atoms with van der Waals surface area (Å²) in [4.78, 5) is 12.3. The molecule has 146 valence electrons. The lowest BCUT2D eigenvalue weighted by atomic mass is 10.2. The lowest BCUT2D eigenvalue weighted by molar-refractivity contribution is 0.0921. The second kappa shape index (κ2) is 8.31. The topological polar surface area (TPSA) is 85.6 Å². The molecule has 7 heteroatoms. The fraction of sp³-hybridized carbons (Fsp3) is 0.190. The van der Waals surface area contributed by atoms with Crippen LogP contribution < -0.4 is 10.1 Å². The molecule has 0 radical (unpaired) electrons. The lowest BCUT2D eigenvalue weighted by Gasteiger charge is -2.12. The highest BCUT2D eigenvalue weighted by atomic mass is 32.2. The Kier molecular flexibility index (Phi) is 5.84. The van der Waals surface area contributed by atoms with Gasteiger partial charge < -0.3 is 14.5 Å². The van der Waals surface area contributed by atoms with Crippen LogP contribution in [0.4, 0.5) is 0 Å². The molecule has 0 aliphatic carbocycles. The van der Waals surface area contributed by atoms with E-state index < -0.39 is 15.7 Å². The number of nitrogens with one attached hydrogen (secondary N) is 1. The van der Waals surface area contributed by atoms with Crippen molar-refractivity contribution in [2.45, 2.75) is 19.2 Å². The Morgan fingerprint density at radius 3 is 2.46 bits per heavy atom. The number of ether oxygens (including phenoxy) is 1. The molecular formula is C21H21NO5S. The minimum atomic E-state index is -3.22. The first-order valence-electron chi connectivity index (χ1n) is 8.67. The van der Waals surface area contributed by atoms with Crippen molar-refractivity contribution >= 4 is 15.7 Å². The molecule has 1 amide bonds. The van der Waals surface area contributed by atoms with Crippen molar-refractivity contribution in [3.8, 4) is 11.5 Å². The average molecular weight is 399 g/mol. The van der Waals surface area contributed by atoms with Gasteiger partial charge >= 0.3 is 0 Å². The summed E-state index contributed by atoms with van der Waals surface area (Å²) in [5, 5.41) is 2.76. The van der Waals surface area contributed by atoms with Crippen LogP contribution in [0.2, 0.25) is 0 Å². The number of aryl methyl sites for hydroxylation is 1. The third-order valence-electron chi connectivity index (χ3n) is 3.95. The van der Waals surface area contributed by atoms with Crippen LogP contribution in [-0.2, 0) is 22.1 Å². The first-order valence-corrected chi connectivity index (χ1v) is 10.7. The van der Waals surface area contributed by atoms with Gasteiger partial charge in [-0.2, -0.15) is 0 Å². The number of para-hydroxylation sites is 1. The molecule has 0 atom stereocenters. The number of rotatable bonds is 7. The van der Waals surface area contributed by atoms with E-state index in [0.717, 1.165) is 17.4 Å². The van der Waals surface area contributed by atoms with Crippen LogP contribution in [0.25, 0.3) is 0 Å². The zero-order valence-electron chi connectivity index (χ0n) is 15.6. The van der Waals surface area contributed by atoms with Crippen LogP contribution in [0, 0.1) is 6.92 Å². The van der Waals surface area contributed by atoms with E-state index in [1.54, 1.807) is 0 Å². The zero-order chi connectivity index (χ0) is 20.1. The smallest absolute Gasteiger partial charge is 0.287 e. The summed E-state index contributed by atoms with van der Waals surface area (Å²) in [5.41, 5.74) is 1.95. The number of benzene rings is 2. The Balaban J connectivity index is 1.66. The quantitative estimate of drug-likeness (QED) is 0.652. The highest BCUT2D eigenvalue weighted by molar-refractivity contribution is 7.89. The molecule has 2 aromatic carbocycles. The van der Waals surface area contributed by atoms with E-state index >= 15 is 0 Å². The van der Waals surface area contributed by atoms with Crippen LogP contribution in [0.3, 0.4) is 0 Å². The Morgan fingerprint density at radius 1 is 1.04 bits per heavy atom. The molecule has 3 aromatic rings. The van der Waals surface area contributed by atoms with E-state index in [2.05, 4.69) is 5.32 Å². The van der Waals surface area contributed by atoms with E-state index in [1.165, 1.54) is 12.1 Å².